The van der Waals surface area contributed by atoms with Crippen molar-refractivity contribution in [3.05, 3.63) is 113 Å². The Kier molecular flexibility index (Phi) is 5.79. The van der Waals surface area contributed by atoms with Gasteiger partial charge in [0.2, 0.25) is 0 Å². The quantitative estimate of drug-likeness (QED) is 0.233. The van der Waals surface area contributed by atoms with Crippen LogP contribution in [0.4, 0.5) is 0 Å². The van der Waals surface area contributed by atoms with E-state index in [0.717, 1.165) is 27.3 Å². The predicted octanol–water partition coefficient (Wildman–Crippen LogP) is 6.58. The zero-order valence-electron chi connectivity index (χ0n) is 17.5. The van der Waals surface area contributed by atoms with E-state index in [9.17, 15) is 4.79 Å². The number of hydrazone groups is 1. The van der Waals surface area contributed by atoms with Crippen molar-refractivity contribution >= 4 is 45.5 Å². The summed E-state index contributed by atoms with van der Waals surface area (Å²) in [6.07, 6.45) is 1.59. The van der Waals surface area contributed by atoms with Crippen molar-refractivity contribution in [1.29, 1.82) is 0 Å². The zero-order chi connectivity index (χ0) is 22.6. The smallest absolute Gasteiger partial charge is 0.307 e. The summed E-state index contributed by atoms with van der Waals surface area (Å²) in [5, 5.41) is 7.67. The number of nitrogens with one attached hydrogen (secondary N) is 1. The molecule has 0 radical (unpaired) electrons. The Labute approximate surface area is 195 Å². The van der Waals surface area contributed by atoms with E-state index >= 15 is 0 Å². The van der Waals surface area contributed by atoms with E-state index in [1.165, 1.54) is 0 Å². The van der Waals surface area contributed by atoms with Crippen molar-refractivity contribution in [3.63, 3.8) is 0 Å². The normalized spacial score (nSPS) is 11.3. The van der Waals surface area contributed by atoms with Crippen molar-refractivity contribution in [2.45, 2.75) is 6.61 Å². The number of halogens is 1. The molecule has 162 valence electrons. The topological polar surface area (TPSA) is 63.8 Å². The second kappa shape index (κ2) is 9.18. The number of hydrogen-bond acceptors (Lipinski definition) is 4. The van der Waals surface area contributed by atoms with Gasteiger partial charge in [0.15, 0.2) is 5.76 Å². The fourth-order valence-corrected chi connectivity index (χ4v) is 3.80. The molecule has 0 aliphatic carbocycles. The Bertz CT molecular complexity index is 1460. The Morgan fingerprint density at radius 1 is 0.939 bits per heavy atom. The summed E-state index contributed by atoms with van der Waals surface area (Å²) < 4.78 is 11.7. The molecule has 5 aromatic rings. The molecule has 0 aliphatic rings. The van der Waals surface area contributed by atoms with Crippen LogP contribution in [0.5, 0.6) is 5.75 Å². The molecule has 33 heavy (non-hydrogen) atoms. The molecule has 4 aromatic carbocycles. The van der Waals surface area contributed by atoms with E-state index < -0.39 is 5.91 Å². The Morgan fingerprint density at radius 2 is 1.70 bits per heavy atom. The monoisotopic (exact) mass is 454 g/mol. The van der Waals surface area contributed by atoms with Gasteiger partial charge in [-0.05, 0) is 35.0 Å². The molecule has 0 atom stereocenters. The number of furan rings is 1. The minimum atomic E-state index is -0.429. The molecule has 0 saturated heterocycles. The summed E-state index contributed by atoms with van der Waals surface area (Å²) >= 11 is 6.27. The number of amides is 1. The van der Waals surface area contributed by atoms with Gasteiger partial charge in [-0.3, -0.25) is 4.79 Å². The van der Waals surface area contributed by atoms with Crippen molar-refractivity contribution < 1.29 is 13.9 Å². The number of ether oxygens (including phenoxy) is 1. The van der Waals surface area contributed by atoms with Crippen LogP contribution in [-0.4, -0.2) is 12.1 Å². The molecular formula is C27H19ClN2O3. The molecule has 5 nitrogen and oxygen atoms in total. The van der Waals surface area contributed by atoms with Crippen LogP contribution in [-0.2, 0) is 6.61 Å². The van der Waals surface area contributed by atoms with E-state index in [2.05, 4.69) is 10.5 Å². The van der Waals surface area contributed by atoms with Gasteiger partial charge >= 0.3 is 5.91 Å². The fourth-order valence-electron chi connectivity index (χ4n) is 3.61. The molecule has 1 amide bonds. The number of carbonyl (C=O) groups is 1. The fraction of sp³-hybridized carbons (Fsp3) is 0.0370. The third kappa shape index (κ3) is 4.45. The van der Waals surface area contributed by atoms with Gasteiger partial charge in [0.05, 0.1) is 6.21 Å². The Hall–Kier alpha value is -4.09. The van der Waals surface area contributed by atoms with Crippen LogP contribution in [0.3, 0.4) is 0 Å². The SMILES string of the molecule is O=C(N/N=C/c1c(OCc2ccccc2Cl)ccc2ccccc12)c1cc2ccccc2o1. The number of fused-ring (bicyclic) bond motifs is 2. The molecule has 5 rings (SSSR count). The van der Waals surface area contributed by atoms with Crippen molar-refractivity contribution in [2.24, 2.45) is 5.10 Å². The Balaban J connectivity index is 1.40. The van der Waals surface area contributed by atoms with E-state index in [1.807, 2.05) is 84.9 Å². The number of rotatable bonds is 6. The highest BCUT2D eigenvalue weighted by Gasteiger charge is 2.12. The number of nitrogens with zero attached hydrogens (tertiary/aromatic N) is 1. The summed E-state index contributed by atoms with van der Waals surface area (Å²) in [7, 11) is 0. The molecule has 1 heterocycles. The van der Waals surface area contributed by atoms with Crippen molar-refractivity contribution in [1.82, 2.24) is 5.43 Å². The van der Waals surface area contributed by atoms with Crippen LogP contribution >= 0.6 is 11.6 Å². The predicted molar refractivity (Wildman–Crippen MR) is 131 cm³/mol. The number of carbonyl (C=O) groups excluding carboxylic acids is 1. The zero-order valence-corrected chi connectivity index (χ0v) is 18.3. The van der Waals surface area contributed by atoms with E-state index in [4.69, 9.17) is 20.8 Å². The van der Waals surface area contributed by atoms with Crippen LogP contribution in [0.25, 0.3) is 21.7 Å². The standard InChI is InChI=1S/C27H19ClN2O3/c28-23-11-5-2-9-20(23)17-32-25-14-13-18-7-1-4-10-21(18)22(25)16-29-30-27(31)26-15-19-8-3-6-12-24(19)33-26/h1-16H,17H2,(H,30,31)/b29-16+. The number of para-hydroxylation sites is 1. The largest absolute Gasteiger partial charge is 0.488 e. The van der Waals surface area contributed by atoms with Gasteiger partial charge in [-0.25, -0.2) is 5.43 Å². The van der Waals surface area contributed by atoms with Gasteiger partial charge < -0.3 is 9.15 Å². The third-order valence-electron chi connectivity index (χ3n) is 5.28. The van der Waals surface area contributed by atoms with Crippen LogP contribution in [0.2, 0.25) is 5.02 Å². The number of hydrogen-bond donors (Lipinski definition) is 1. The lowest BCUT2D eigenvalue weighted by Gasteiger charge is -2.12. The van der Waals surface area contributed by atoms with Gasteiger partial charge in [-0.15, -0.1) is 0 Å². The van der Waals surface area contributed by atoms with E-state index in [0.29, 0.717) is 23.0 Å². The summed E-state index contributed by atoms with van der Waals surface area (Å²) in [5.74, 6) is 0.401. The minimum Gasteiger partial charge on any atom is -0.488 e. The van der Waals surface area contributed by atoms with Gasteiger partial charge in [0.1, 0.15) is 17.9 Å². The lowest BCUT2D eigenvalue weighted by atomic mass is 10.0. The van der Waals surface area contributed by atoms with E-state index in [1.54, 1.807) is 12.3 Å². The molecule has 0 fully saturated rings. The molecule has 0 spiro atoms. The van der Waals surface area contributed by atoms with Gasteiger partial charge in [0, 0.05) is 21.5 Å². The molecule has 1 aromatic heterocycles. The molecule has 0 unspecified atom stereocenters. The molecule has 0 aliphatic heterocycles. The maximum absolute atomic E-state index is 12.5. The Morgan fingerprint density at radius 3 is 2.55 bits per heavy atom. The van der Waals surface area contributed by atoms with E-state index in [-0.39, 0.29) is 5.76 Å². The van der Waals surface area contributed by atoms with Gasteiger partial charge in [0.25, 0.3) is 0 Å². The number of benzene rings is 4. The first kappa shape index (κ1) is 20.8. The second-order valence-corrected chi connectivity index (χ2v) is 7.83. The van der Waals surface area contributed by atoms with Crippen LogP contribution in [0.1, 0.15) is 21.7 Å². The van der Waals surface area contributed by atoms with Crippen LogP contribution in [0.15, 0.2) is 101 Å². The first-order valence-electron chi connectivity index (χ1n) is 10.4. The van der Waals surface area contributed by atoms with Crippen LogP contribution in [0, 0.1) is 0 Å². The average Bonchev–Trinajstić information content (AvgIpc) is 3.29. The summed E-state index contributed by atoms with van der Waals surface area (Å²) in [4.78, 5) is 12.5. The first-order chi connectivity index (χ1) is 16.2. The maximum atomic E-state index is 12.5. The summed E-state index contributed by atoms with van der Waals surface area (Å²) in [5.41, 5.74) is 4.83. The van der Waals surface area contributed by atoms with Gasteiger partial charge in [-0.1, -0.05) is 78.3 Å². The van der Waals surface area contributed by atoms with Crippen molar-refractivity contribution in [3.8, 4) is 5.75 Å². The van der Waals surface area contributed by atoms with Crippen LogP contribution < -0.4 is 10.2 Å². The highest BCUT2D eigenvalue weighted by atomic mass is 35.5. The summed E-state index contributed by atoms with van der Waals surface area (Å²) in [6, 6.07) is 28.5. The van der Waals surface area contributed by atoms with Gasteiger partial charge in [-0.2, -0.15) is 5.10 Å². The summed E-state index contributed by atoms with van der Waals surface area (Å²) in [6.45, 7) is 0.310. The highest BCUT2D eigenvalue weighted by Crippen LogP contribution is 2.28. The lowest BCUT2D eigenvalue weighted by molar-refractivity contribution is 0.0929. The molecule has 0 saturated carbocycles. The first-order valence-corrected chi connectivity index (χ1v) is 10.8. The molecule has 6 heteroatoms. The third-order valence-corrected chi connectivity index (χ3v) is 5.65. The molecule has 1 N–H and O–H groups in total. The lowest BCUT2D eigenvalue weighted by Crippen LogP contribution is -2.16. The highest BCUT2D eigenvalue weighted by molar-refractivity contribution is 6.31. The molecular weight excluding hydrogens is 436 g/mol. The molecule has 0 bridgehead atoms. The minimum absolute atomic E-state index is 0.196. The maximum Gasteiger partial charge on any atom is 0.307 e. The van der Waals surface area contributed by atoms with Crippen molar-refractivity contribution in [2.75, 3.05) is 0 Å². The average molecular weight is 455 g/mol. The second-order valence-electron chi connectivity index (χ2n) is 7.43.